The normalized spacial score (nSPS) is 11.1. The van der Waals surface area contributed by atoms with E-state index in [-0.39, 0.29) is 137 Å². The molecule has 0 aliphatic heterocycles. The summed E-state index contributed by atoms with van der Waals surface area (Å²) in [5, 5.41) is 144. The van der Waals surface area contributed by atoms with Crippen molar-refractivity contribution < 1.29 is 84.5 Å². The molecule has 31 nitrogen and oxygen atoms in total. The molecule has 668 valence electrons. The predicted molar refractivity (Wildman–Crippen MR) is 493 cm³/mol. The van der Waals surface area contributed by atoms with Crippen LogP contribution >= 0.6 is 34.8 Å². The number of nitrogens with zero attached hydrogens (tertiary/aromatic N) is 6. The van der Waals surface area contributed by atoms with Gasteiger partial charge in [-0.1, -0.05) is 106 Å². The number of aromatic amines is 5. The molecule has 0 aliphatic carbocycles. The number of rotatable bonds is 23. The first kappa shape index (κ1) is 94.3. The summed E-state index contributed by atoms with van der Waals surface area (Å²) in [6.07, 6.45) is 5.84. The Balaban J connectivity index is 0.000000157. The van der Waals surface area contributed by atoms with Crippen LogP contribution < -0.4 is 30.2 Å². The standard InChI is InChI=1S/C24H26ClN3O5.C19H18ClN3O3.C18H18N2O3.C17H14ClN3O4.C17H19N3O2/c1-12(2)26-24(32)13(3)9-20(31)23-21(14-5-7-15(33-4)8-6-14)22(27-28-23)16-10-17(25)19(30)11-18(16)29;1-10(2)13-7-14(17(25)8-16(13)24)18-15(9-21-23-18)22-19(26)11-4-3-5-12(20)6-11;1-3-12-9-14(16(22)10-15(12)21)17-18(11(2)19-20-17)23-13-7-5-4-6-8-13;1-25-10-4-2-9(3-5-10)20-17(24)12-8-19-21-16(12)11-6-13(18)15(23)7-14(11)22;1-4-12-7-13(16(22)8-15(12)21)17-14(9-18-19-17)20-10(2)5-6-11(20)3/h5-8,10-13,29-30H,9H2,1-4H3,(H,26,32)(H,27,28);3-10,24-25H,1-2H3,(H,21,23)(H,22,26);4-10,21-22H,3H2,1-2H3,(H,19,20);2-8,22-23H,1H3,(H,19,21)(H,20,24);5-9,21-22H,4H2,1-3H3,(H,18,19)/t13-;;;;/m0..../s1. The smallest absolute Gasteiger partial charge is 0.259 e. The van der Waals surface area contributed by atoms with Crippen molar-refractivity contribution >= 4 is 69.7 Å². The SMILES string of the molecule is CC(C)c1cc(-c2[nH]ncc2NC(=O)c2cccc(Cl)c2)c(O)cc1O.CCc1cc(-c2[nH]ncc2-n2c(C)ccc2C)c(O)cc1O.CCc1cc(-c2n[nH]c(C)c2Oc2ccccc2)c(O)cc1O.COc1ccc(-c2c(-c3cc(Cl)c(O)cc3O)n[nH]c2C(=O)C[C@H](C)C(=O)NC(C)C)cc1.COc1ccc(NC(=O)c2cn[nH]c2-c2cc(Cl)c(O)cc2O)cc1. The number of aryl methyl sites for hydroxylation is 5. The molecule has 1 atom stereocenters. The molecule has 18 N–H and O–H groups in total. The molecule has 0 bridgehead atoms. The molecule has 15 rings (SSSR count). The average molecular weight is 1810 g/mol. The van der Waals surface area contributed by atoms with Crippen LogP contribution in [0.2, 0.25) is 15.1 Å². The average Bonchev–Trinajstić information content (AvgIpc) is 1.62. The number of Topliss-reactive ketones (excluding diaryl/α,β-unsaturated/α-hetero) is 1. The maximum Gasteiger partial charge on any atom is 0.259 e. The zero-order valence-corrected chi connectivity index (χ0v) is 74.2. The number of aromatic hydroxyl groups is 10. The van der Waals surface area contributed by atoms with Gasteiger partial charge in [0.05, 0.1) is 82.6 Å². The molecular weight excluding hydrogens is 1720 g/mol. The molecule has 6 heterocycles. The van der Waals surface area contributed by atoms with Crippen molar-refractivity contribution in [3.05, 3.63) is 260 Å². The van der Waals surface area contributed by atoms with Gasteiger partial charge >= 0.3 is 0 Å². The number of ketones is 1. The number of carbonyl (C=O) groups excluding carboxylic acids is 4. The molecule has 0 fully saturated rings. The fourth-order valence-electron chi connectivity index (χ4n) is 13.6. The monoisotopic (exact) mass is 1810 g/mol. The van der Waals surface area contributed by atoms with Crippen LogP contribution in [0, 0.1) is 26.7 Å². The molecule has 15 aromatic rings. The number of amides is 3. The van der Waals surface area contributed by atoms with E-state index in [9.17, 15) is 70.2 Å². The van der Waals surface area contributed by atoms with E-state index in [0.717, 1.165) is 51.7 Å². The predicted octanol–water partition coefficient (Wildman–Crippen LogP) is 20.1. The first-order valence-corrected chi connectivity index (χ1v) is 41.5. The third-order valence-corrected chi connectivity index (χ3v) is 21.2. The highest BCUT2D eigenvalue weighted by Gasteiger charge is 2.29. The highest BCUT2D eigenvalue weighted by Crippen LogP contribution is 2.47. The van der Waals surface area contributed by atoms with Gasteiger partial charge in [-0.25, -0.2) is 0 Å². The molecule has 0 unspecified atom stereocenters. The molecule has 0 spiro atoms. The number of anilines is 2. The van der Waals surface area contributed by atoms with Crippen molar-refractivity contribution in [1.82, 2.24) is 60.9 Å². The van der Waals surface area contributed by atoms with Crippen LogP contribution in [0.1, 0.15) is 126 Å². The summed E-state index contributed by atoms with van der Waals surface area (Å²) in [7, 11) is 3.11. The molecular formula is C95H95Cl3N14O17. The van der Waals surface area contributed by atoms with Gasteiger partial charge in [-0.15, -0.1) is 0 Å². The van der Waals surface area contributed by atoms with Gasteiger partial charge in [0.15, 0.2) is 11.5 Å². The Morgan fingerprint density at radius 3 is 1.57 bits per heavy atom. The topological polar surface area (TPSA) is 483 Å². The third-order valence-electron chi connectivity index (χ3n) is 20.4. The van der Waals surface area contributed by atoms with Crippen molar-refractivity contribution in [1.29, 1.82) is 0 Å². The van der Waals surface area contributed by atoms with Gasteiger partial charge in [-0.05, 0) is 185 Å². The highest BCUT2D eigenvalue weighted by atomic mass is 35.5. The molecule has 34 heteroatoms. The van der Waals surface area contributed by atoms with Crippen molar-refractivity contribution in [2.75, 3.05) is 24.9 Å². The minimum Gasteiger partial charge on any atom is -0.508 e. The van der Waals surface area contributed by atoms with Gasteiger partial charge in [0.25, 0.3) is 11.8 Å². The van der Waals surface area contributed by atoms with E-state index in [2.05, 4.69) is 71.5 Å². The molecule has 3 amide bonds. The summed E-state index contributed by atoms with van der Waals surface area (Å²) < 4.78 is 18.3. The first-order valence-electron chi connectivity index (χ1n) is 40.3. The highest BCUT2D eigenvalue weighted by molar-refractivity contribution is 6.33. The number of hydrogen-bond acceptors (Lipinski definition) is 22. The number of phenolic OH excluding ortho intramolecular Hbond substituents is 10. The summed E-state index contributed by atoms with van der Waals surface area (Å²) in [4.78, 5) is 50.5. The zero-order valence-electron chi connectivity index (χ0n) is 72.0. The molecule has 0 saturated heterocycles. The lowest BCUT2D eigenvalue weighted by atomic mass is 9.94. The van der Waals surface area contributed by atoms with Gasteiger partial charge in [-0.3, -0.25) is 44.7 Å². The Hall–Kier alpha value is -15.3. The Bertz CT molecular complexity index is 6500. The van der Waals surface area contributed by atoms with Crippen LogP contribution in [0.25, 0.3) is 73.1 Å². The number of phenols is 10. The van der Waals surface area contributed by atoms with E-state index in [0.29, 0.717) is 103 Å². The number of ether oxygens (including phenoxy) is 3. The fraction of sp³-hybridized carbons (Fsp3) is 0.189. The second-order valence-electron chi connectivity index (χ2n) is 30.2. The molecule has 0 radical (unpaired) electrons. The zero-order chi connectivity index (χ0) is 93.4. The number of benzene rings is 9. The van der Waals surface area contributed by atoms with E-state index in [4.69, 9.17) is 49.0 Å². The number of aromatic nitrogens is 11. The third kappa shape index (κ3) is 22.5. The second-order valence-corrected chi connectivity index (χ2v) is 31.4. The molecule has 129 heavy (non-hydrogen) atoms. The number of methoxy groups -OCH3 is 2. The number of halogens is 3. The van der Waals surface area contributed by atoms with E-state index in [1.807, 2.05) is 105 Å². The minimum atomic E-state index is -0.549. The summed E-state index contributed by atoms with van der Waals surface area (Å²) in [5.74, 6) is -0.176. The lowest BCUT2D eigenvalue weighted by molar-refractivity contribution is -0.124. The van der Waals surface area contributed by atoms with E-state index in [1.54, 1.807) is 118 Å². The number of carbonyl (C=O) groups is 4. The van der Waals surface area contributed by atoms with Gasteiger partial charge in [0.2, 0.25) is 5.91 Å². The van der Waals surface area contributed by atoms with Crippen LogP contribution in [0.4, 0.5) is 11.4 Å². The van der Waals surface area contributed by atoms with Crippen LogP contribution in [0.3, 0.4) is 0 Å². The van der Waals surface area contributed by atoms with E-state index < -0.39 is 11.8 Å². The number of para-hydroxylation sites is 1. The van der Waals surface area contributed by atoms with Crippen LogP contribution in [0.5, 0.6) is 80.5 Å². The van der Waals surface area contributed by atoms with E-state index in [1.165, 1.54) is 42.7 Å². The van der Waals surface area contributed by atoms with Crippen LogP contribution in [0.15, 0.2) is 195 Å². The summed E-state index contributed by atoms with van der Waals surface area (Å²) in [5.41, 5.74) is 13.2. The lowest BCUT2D eigenvalue weighted by Crippen LogP contribution is -2.35. The maximum atomic E-state index is 13.2. The van der Waals surface area contributed by atoms with Gasteiger partial charge < -0.3 is 85.8 Å². The fourth-order valence-corrected chi connectivity index (χ4v) is 14.1. The van der Waals surface area contributed by atoms with Crippen LogP contribution in [-0.4, -0.2) is 150 Å². The summed E-state index contributed by atoms with van der Waals surface area (Å²) in [6.45, 7) is 19.1. The summed E-state index contributed by atoms with van der Waals surface area (Å²) >= 11 is 17.9. The van der Waals surface area contributed by atoms with Crippen LogP contribution in [-0.2, 0) is 17.6 Å². The quantitative estimate of drug-likeness (QED) is 0.0264. The largest absolute Gasteiger partial charge is 0.508 e. The molecule has 6 aromatic heterocycles. The Labute approximate surface area is 755 Å². The van der Waals surface area contributed by atoms with Crippen molar-refractivity contribution in [2.24, 2.45) is 5.92 Å². The Morgan fingerprint density at radius 2 is 0.984 bits per heavy atom. The molecule has 0 saturated carbocycles. The summed E-state index contributed by atoms with van der Waals surface area (Å²) in [6, 6.07) is 48.0. The molecule has 0 aliphatic rings. The lowest BCUT2D eigenvalue weighted by Gasteiger charge is -2.14. The maximum absolute atomic E-state index is 13.2. The second kappa shape index (κ2) is 42.1. The Kier molecular flexibility index (Phi) is 30.8. The number of H-pyrrole nitrogens is 5. The first-order chi connectivity index (χ1) is 61.6. The number of nitrogens with one attached hydrogen (secondary N) is 8. The van der Waals surface area contributed by atoms with Gasteiger partial charge in [0, 0.05) is 110 Å². The molecule has 9 aromatic carbocycles. The Morgan fingerprint density at radius 1 is 0.473 bits per heavy atom. The van der Waals surface area contributed by atoms with Crippen molar-refractivity contribution in [2.45, 2.75) is 100 Å². The van der Waals surface area contributed by atoms with Crippen molar-refractivity contribution in [3.63, 3.8) is 0 Å². The van der Waals surface area contributed by atoms with Gasteiger partial charge in [-0.2, -0.15) is 25.5 Å². The minimum absolute atomic E-state index is 0.0188. The van der Waals surface area contributed by atoms with E-state index >= 15 is 0 Å². The van der Waals surface area contributed by atoms with Crippen molar-refractivity contribution in [3.8, 4) is 154 Å². The number of hydrogen-bond donors (Lipinski definition) is 18. The van der Waals surface area contributed by atoms with Gasteiger partial charge in [0.1, 0.15) is 91.8 Å².